The molecule has 0 radical (unpaired) electrons. The van der Waals surface area contributed by atoms with Gasteiger partial charge in [-0.15, -0.1) is 4.73 Å². The summed E-state index contributed by atoms with van der Waals surface area (Å²) in [5.41, 5.74) is 4.61. The first-order chi connectivity index (χ1) is 10.6. The number of rotatable bonds is 2. The van der Waals surface area contributed by atoms with Gasteiger partial charge in [0.1, 0.15) is 5.82 Å². The van der Waals surface area contributed by atoms with E-state index in [0.29, 0.717) is 41.9 Å². The Bertz CT molecular complexity index is 766. The molecule has 9 heteroatoms. The van der Waals surface area contributed by atoms with Crippen molar-refractivity contribution in [2.24, 2.45) is 5.73 Å². The molecule has 1 aliphatic rings. The quantitative estimate of drug-likeness (QED) is 0.669. The van der Waals surface area contributed by atoms with Gasteiger partial charge in [0.05, 0.1) is 5.39 Å². The molecule has 0 bridgehead atoms. The van der Waals surface area contributed by atoms with Crippen LogP contribution in [0.1, 0.15) is 12.8 Å². The molecule has 2 aromatic heterocycles. The predicted octanol–water partition coefficient (Wildman–Crippen LogP) is -0.0162. The van der Waals surface area contributed by atoms with Gasteiger partial charge >= 0.3 is 11.7 Å². The van der Waals surface area contributed by atoms with Crippen molar-refractivity contribution in [3.05, 3.63) is 28.8 Å². The van der Waals surface area contributed by atoms with Crippen molar-refractivity contribution in [1.29, 1.82) is 0 Å². The number of likely N-dealkylation sites (tertiary alicyclic amines) is 1. The molecule has 0 unspecified atom stereocenters. The second kappa shape index (κ2) is 5.51. The number of anilines is 1. The third-order valence-electron chi connectivity index (χ3n) is 3.78. The Morgan fingerprint density at radius 3 is 2.82 bits per heavy atom. The standard InChI is InChI=1S/C13H16N6O3/c14-12(20)18-6-3-8(4-7-18)16-10-9-2-1-5-15-11(9)19(22)13(21)17-10/h1-2,5,8,22H,3-4,6-7H2,(H2,14,20)(H,16,17,21). The molecular weight excluding hydrogens is 288 g/mol. The number of carbonyl (C=O) groups is 1. The Labute approximate surface area is 125 Å². The maximum atomic E-state index is 11.7. The fourth-order valence-electron chi connectivity index (χ4n) is 2.59. The van der Waals surface area contributed by atoms with Crippen LogP contribution in [0, 0.1) is 0 Å². The van der Waals surface area contributed by atoms with Gasteiger partial charge in [-0.1, -0.05) is 0 Å². The molecule has 0 aromatic carbocycles. The van der Waals surface area contributed by atoms with E-state index in [1.54, 1.807) is 17.0 Å². The summed E-state index contributed by atoms with van der Waals surface area (Å²) in [5, 5.41) is 13.4. The van der Waals surface area contributed by atoms with E-state index in [4.69, 9.17) is 5.73 Å². The summed E-state index contributed by atoms with van der Waals surface area (Å²) in [6.07, 6.45) is 2.90. The molecule has 116 valence electrons. The topological polar surface area (TPSA) is 126 Å². The highest BCUT2D eigenvalue weighted by Gasteiger charge is 2.22. The third-order valence-corrected chi connectivity index (χ3v) is 3.78. The molecule has 0 atom stereocenters. The van der Waals surface area contributed by atoms with Crippen molar-refractivity contribution in [3.8, 4) is 0 Å². The monoisotopic (exact) mass is 304 g/mol. The van der Waals surface area contributed by atoms with Crippen LogP contribution in [-0.4, -0.2) is 50.0 Å². The Hall–Kier alpha value is -2.84. The smallest absolute Gasteiger partial charge is 0.384 e. The average Bonchev–Trinajstić information content (AvgIpc) is 2.53. The van der Waals surface area contributed by atoms with Crippen LogP contribution in [0.25, 0.3) is 11.0 Å². The number of urea groups is 1. The average molecular weight is 304 g/mol. The zero-order valence-electron chi connectivity index (χ0n) is 11.8. The van der Waals surface area contributed by atoms with Crippen LogP contribution in [0.3, 0.4) is 0 Å². The second-order valence-electron chi connectivity index (χ2n) is 5.17. The van der Waals surface area contributed by atoms with Crippen molar-refractivity contribution in [1.82, 2.24) is 19.6 Å². The van der Waals surface area contributed by atoms with Gasteiger partial charge in [-0.2, -0.15) is 4.98 Å². The Kier molecular flexibility index (Phi) is 3.53. The summed E-state index contributed by atoms with van der Waals surface area (Å²) in [4.78, 5) is 32.2. The molecule has 2 amide bonds. The van der Waals surface area contributed by atoms with Gasteiger partial charge in [-0.05, 0) is 25.0 Å². The molecule has 2 aromatic rings. The number of carbonyl (C=O) groups excluding carboxylic acids is 1. The first kappa shape index (κ1) is 14.1. The Morgan fingerprint density at radius 2 is 2.14 bits per heavy atom. The number of amides is 2. The highest BCUT2D eigenvalue weighted by atomic mass is 16.5. The number of primary amides is 1. The zero-order valence-corrected chi connectivity index (χ0v) is 11.8. The van der Waals surface area contributed by atoms with Gasteiger partial charge in [0, 0.05) is 25.3 Å². The number of piperidine rings is 1. The second-order valence-corrected chi connectivity index (χ2v) is 5.17. The third kappa shape index (κ3) is 2.52. The molecule has 0 saturated carbocycles. The zero-order chi connectivity index (χ0) is 15.7. The van der Waals surface area contributed by atoms with Gasteiger partial charge in [-0.3, -0.25) is 0 Å². The van der Waals surface area contributed by atoms with Crippen LogP contribution in [0.4, 0.5) is 10.6 Å². The Morgan fingerprint density at radius 1 is 1.41 bits per heavy atom. The molecule has 1 saturated heterocycles. The van der Waals surface area contributed by atoms with Gasteiger partial charge in [0.2, 0.25) is 0 Å². The largest absolute Gasteiger partial charge is 0.422 e. The minimum absolute atomic E-state index is 0.0699. The van der Waals surface area contributed by atoms with E-state index in [9.17, 15) is 14.8 Å². The van der Waals surface area contributed by atoms with Crippen LogP contribution >= 0.6 is 0 Å². The highest BCUT2D eigenvalue weighted by Crippen LogP contribution is 2.20. The van der Waals surface area contributed by atoms with E-state index in [1.807, 2.05) is 0 Å². The minimum atomic E-state index is -0.789. The number of nitrogens with two attached hydrogens (primary N) is 1. The molecule has 1 aliphatic heterocycles. The summed E-state index contributed by atoms with van der Waals surface area (Å²) >= 11 is 0. The lowest BCUT2D eigenvalue weighted by Crippen LogP contribution is -2.45. The Balaban J connectivity index is 1.85. The molecule has 22 heavy (non-hydrogen) atoms. The first-order valence-electron chi connectivity index (χ1n) is 6.94. The molecule has 4 N–H and O–H groups in total. The lowest BCUT2D eigenvalue weighted by atomic mass is 10.1. The number of nitrogens with one attached hydrogen (secondary N) is 1. The molecule has 3 rings (SSSR count). The maximum absolute atomic E-state index is 11.7. The molecule has 0 aliphatic carbocycles. The molecular formula is C13H16N6O3. The fourth-order valence-corrected chi connectivity index (χ4v) is 2.59. The summed E-state index contributed by atoms with van der Waals surface area (Å²) < 4.78 is 0.427. The van der Waals surface area contributed by atoms with E-state index >= 15 is 0 Å². The van der Waals surface area contributed by atoms with Crippen molar-refractivity contribution < 1.29 is 10.0 Å². The lowest BCUT2D eigenvalue weighted by molar-refractivity contribution is 0.182. The molecule has 9 nitrogen and oxygen atoms in total. The van der Waals surface area contributed by atoms with E-state index in [0.717, 1.165) is 0 Å². The summed E-state index contributed by atoms with van der Waals surface area (Å²) in [7, 11) is 0. The molecule has 0 spiro atoms. The summed E-state index contributed by atoms with van der Waals surface area (Å²) in [5.74, 6) is 0.385. The lowest BCUT2D eigenvalue weighted by Gasteiger charge is -2.31. The van der Waals surface area contributed by atoms with Crippen LogP contribution in [-0.2, 0) is 0 Å². The van der Waals surface area contributed by atoms with Gasteiger partial charge < -0.3 is 21.2 Å². The maximum Gasteiger partial charge on any atom is 0.384 e. The van der Waals surface area contributed by atoms with Crippen LogP contribution in [0.5, 0.6) is 0 Å². The predicted molar refractivity (Wildman–Crippen MR) is 78.8 cm³/mol. The first-order valence-corrected chi connectivity index (χ1v) is 6.94. The molecule has 3 heterocycles. The number of hydrogen-bond donors (Lipinski definition) is 3. The van der Waals surface area contributed by atoms with Crippen molar-refractivity contribution in [2.75, 3.05) is 18.4 Å². The SMILES string of the molecule is NC(=O)N1CCC(Nc2nc(=O)n(O)c3ncccc23)CC1. The van der Waals surface area contributed by atoms with E-state index in [-0.39, 0.29) is 11.7 Å². The van der Waals surface area contributed by atoms with E-state index in [1.165, 1.54) is 6.20 Å². The minimum Gasteiger partial charge on any atom is -0.422 e. The van der Waals surface area contributed by atoms with Gasteiger partial charge in [-0.25, -0.2) is 14.6 Å². The normalized spacial score (nSPS) is 15.9. The number of nitrogens with zero attached hydrogens (tertiary/aromatic N) is 4. The van der Waals surface area contributed by atoms with Crippen LogP contribution in [0.2, 0.25) is 0 Å². The van der Waals surface area contributed by atoms with Gasteiger partial charge in [0.25, 0.3) is 0 Å². The summed E-state index contributed by atoms with van der Waals surface area (Å²) in [6.45, 7) is 1.11. The van der Waals surface area contributed by atoms with Crippen LogP contribution in [0.15, 0.2) is 23.1 Å². The van der Waals surface area contributed by atoms with Crippen molar-refractivity contribution >= 4 is 22.9 Å². The number of pyridine rings is 1. The fraction of sp³-hybridized carbons (Fsp3) is 0.385. The van der Waals surface area contributed by atoms with Crippen LogP contribution < -0.4 is 16.7 Å². The van der Waals surface area contributed by atoms with Crippen molar-refractivity contribution in [2.45, 2.75) is 18.9 Å². The summed E-state index contributed by atoms with van der Waals surface area (Å²) in [6, 6.07) is 3.08. The van der Waals surface area contributed by atoms with E-state index in [2.05, 4.69) is 15.3 Å². The molecule has 1 fully saturated rings. The number of fused-ring (bicyclic) bond motifs is 1. The van der Waals surface area contributed by atoms with Crippen molar-refractivity contribution in [3.63, 3.8) is 0 Å². The highest BCUT2D eigenvalue weighted by molar-refractivity contribution is 5.86. The van der Waals surface area contributed by atoms with E-state index < -0.39 is 11.7 Å². The van der Waals surface area contributed by atoms with Gasteiger partial charge in [0.15, 0.2) is 5.65 Å². The number of hydrogen-bond acceptors (Lipinski definition) is 6. The number of aromatic nitrogens is 3.